The van der Waals surface area contributed by atoms with Crippen LogP contribution in [0.3, 0.4) is 0 Å². The van der Waals surface area contributed by atoms with Crippen LogP contribution in [0.25, 0.3) is 11.1 Å². The highest BCUT2D eigenvalue weighted by atomic mass is 32.1. The Balaban J connectivity index is 1.46. The van der Waals surface area contributed by atoms with Crippen molar-refractivity contribution in [1.82, 2.24) is 10.6 Å². The normalized spacial score (nSPS) is 12.8. The lowest BCUT2D eigenvalue weighted by Crippen LogP contribution is -2.48. The molecule has 0 aliphatic rings. The highest BCUT2D eigenvalue weighted by molar-refractivity contribution is 7.12. The molecule has 0 saturated carbocycles. The molecular formula is C30H30F2N2O2S. The third-order valence-corrected chi connectivity index (χ3v) is 7.10. The summed E-state index contributed by atoms with van der Waals surface area (Å²) in [4.78, 5) is 13.6. The van der Waals surface area contributed by atoms with E-state index in [-0.39, 0.29) is 18.9 Å². The monoisotopic (exact) mass is 520 g/mol. The fraction of sp³-hybridized carbons (Fsp3) is 0.233. The second-order valence-corrected chi connectivity index (χ2v) is 9.91. The van der Waals surface area contributed by atoms with Crippen molar-refractivity contribution < 1.29 is 18.7 Å². The predicted octanol–water partition coefficient (Wildman–Crippen LogP) is 5.75. The van der Waals surface area contributed by atoms with Gasteiger partial charge in [-0.05, 0) is 64.2 Å². The second kappa shape index (κ2) is 12.7. The fourth-order valence-electron chi connectivity index (χ4n) is 4.21. The van der Waals surface area contributed by atoms with E-state index in [1.807, 2.05) is 47.8 Å². The average Bonchev–Trinajstić information content (AvgIpc) is 3.39. The predicted molar refractivity (Wildman–Crippen MR) is 145 cm³/mol. The largest absolute Gasteiger partial charge is 0.390 e. The maximum atomic E-state index is 13.8. The third kappa shape index (κ3) is 7.55. The van der Waals surface area contributed by atoms with E-state index in [1.165, 1.54) is 29.0 Å². The number of aliphatic hydroxyl groups is 1. The van der Waals surface area contributed by atoms with Crippen LogP contribution in [0.15, 0.2) is 84.2 Å². The van der Waals surface area contributed by atoms with Crippen molar-refractivity contribution in [1.29, 1.82) is 0 Å². The number of aryl methyl sites for hydroxylation is 1. The molecule has 0 fully saturated rings. The van der Waals surface area contributed by atoms with Gasteiger partial charge in [-0.3, -0.25) is 4.79 Å². The Morgan fingerprint density at radius 2 is 1.62 bits per heavy atom. The van der Waals surface area contributed by atoms with Gasteiger partial charge in [0.25, 0.3) is 5.91 Å². The summed E-state index contributed by atoms with van der Waals surface area (Å²) in [6.07, 6.45) is 0.0211. The van der Waals surface area contributed by atoms with Gasteiger partial charge in [0.2, 0.25) is 0 Å². The van der Waals surface area contributed by atoms with E-state index < -0.39 is 23.8 Å². The van der Waals surface area contributed by atoms with Gasteiger partial charge < -0.3 is 15.7 Å². The molecule has 0 radical (unpaired) electrons. The molecule has 7 heteroatoms. The number of nitrogens with one attached hydrogen (secondary N) is 2. The zero-order chi connectivity index (χ0) is 26.2. The van der Waals surface area contributed by atoms with Crippen LogP contribution in [0.5, 0.6) is 0 Å². The van der Waals surface area contributed by atoms with Crippen LogP contribution in [0.4, 0.5) is 8.78 Å². The Morgan fingerprint density at radius 1 is 0.892 bits per heavy atom. The van der Waals surface area contributed by atoms with Crippen molar-refractivity contribution in [3.05, 3.63) is 117 Å². The Bertz CT molecular complexity index is 1310. The van der Waals surface area contributed by atoms with Crippen LogP contribution < -0.4 is 10.6 Å². The van der Waals surface area contributed by atoms with Crippen LogP contribution in [0, 0.1) is 11.6 Å². The molecule has 37 heavy (non-hydrogen) atoms. The Labute approximate surface area is 220 Å². The number of rotatable bonds is 11. The minimum absolute atomic E-state index is 0.0749. The van der Waals surface area contributed by atoms with Crippen molar-refractivity contribution >= 4 is 17.2 Å². The minimum atomic E-state index is -0.988. The molecule has 3 N–H and O–H groups in total. The summed E-state index contributed by atoms with van der Waals surface area (Å²) in [6.45, 7) is 2.83. The third-order valence-electron chi connectivity index (χ3n) is 6.17. The number of carbonyl (C=O) groups excluding carboxylic acids is 1. The van der Waals surface area contributed by atoms with Crippen molar-refractivity contribution in [3.8, 4) is 11.1 Å². The van der Waals surface area contributed by atoms with Crippen molar-refractivity contribution in [3.63, 3.8) is 0 Å². The number of thiophene rings is 1. The first-order chi connectivity index (χ1) is 17.9. The second-order valence-electron chi connectivity index (χ2n) is 9.00. The number of carbonyl (C=O) groups is 1. The zero-order valence-corrected chi connectivity index (χ0v) is 21.4. The van der Waals surface area contributed by atoms with E-state index in [1.54, 1.807) is 6.07 Å². The Hall–Kier alpha value is -3.39. The summed E-state index contributed by atoms with van der Waals surface area (Å²) < 4.78 is 27.6. The molecule has 0 unspecified atom stereocenters. The molecule has 1 aromatic heterocycles. The smallest absolute Gasteiger partial charge is 0.261 e. The lowest BCUT2D eigenvalue weighted by molar-refractivity contribution is 0.0833. The van der Waals surface area contributed by atoms with Gasteiger partial charge in [-0.25, -0.2) is 8.78 Å². The highest BCUT2D eigenvalue weighted by Gasteiger charge is 2.24. The van der Waals surface area contributed by atoms with Gasteiger partial charge in [-0.1, -0.05) is 61.5 Å². The minimum Gasteiger partial charge on any atom is -0.390 e. The Morgan fingerprint density at radius 3 is 2.35 bits per heavy atom. The zero-order valence-electron chi connectivity index (χ0n) is 20.6. The van der Waals surface area contributed by atoms with Gasteiger partial charge in [0, 0.05) is 19.2 Å². The molecule has 0 spiro atoms. The molecule has 3 aromatic carbocycles. The molecule has 0 bridgehead atoms. The van der Waals surface area contributed by atoms with E-state index >= 15 is 0 Å². The summed E-state index contributed by atoms with van der Waals surface area (Å²) >= 11 is 1.31. The first-order valence-electron chi connectivity index (χ1n) is 12.3. The maximum absolute atomic E-state index is 13.8. The summed E-state index contributed by atoms with van der Waals surface area (Å²) in [6, 6.07) is 22.2. The quantitative estimate of drug-likeness (QED) is 0.236. The lowest BCUT2D eigenvalue weighted by atomic mass is 10.00. The van der Waals surface area contributed by atoms with E-state index in [2.05, 4.69) is 29.7 Å². The van der Waals surface area contributed by atoms with Crippen LogP contribution in [0.1, 0.15) is 33.3 Å². The number of hydrogen-bond donors (Lipinski definition) is 3. The molecule has 4 aromatic rings. The number of benzene rings is 3. The first kappa shape index (κ1) is 26.7. The van der Waals surface area contributed by atoms with E-state index in [0.717, 1.165) is 29.2 Å². The number of halogens is 2. The molecule has 4 rings (SSSR count). The maximum Gasteiger partial charge on any atom is 0.261 e. The summed E-state index contributed by atoms with van der Waals surface area (Å²) in [5, 5.41) is 19.0. The molecule has 2 atom stereocenters. The van der Waals surface area contributed by atoms with E-state index in [4.69, 9.17) is 0 Å². The van der Waals surface area contributed by atoms with Crippen LogP contribution in [-0.4, -0.2) is 29.7 Å². The molecule has 0 aliphatic heterocycles. The van der Waals surface area contributed by atoms with Crippen LogP contribution >= 0.6 is 11.3 Å². The fourth-order valence-corrected chi connectivity index (χ4v) is 5.03. The highest BCUT2D eigenvalue weighted by Crippen LogP contribution is 2.25. The van der Waals surface area contributed by atoms with Gasteiger partial charge >= 0.3 is 0 Å². The number of aliphatic hydroxyl groups excluding tert-OH is 1. The summed E-state index contributed by atoms with van der Waals surface area (Å²) in [7, 11) is 0. The van der Waals surface area contributed by atoms with Gasteiger partial charge in [-0.2, -0.15) is 0 Å². The molecule has 0 aliphatic carbocycles. The SMILES string of the molecule is CCc1cccc(CNC[C@@H](O)[C@H](Cc2cc(F)cc(F)c2)NC(=O)c2cc(-c3ccccc3)cs2)c1. The van der Waals surface area contributed by atoms with E-state index in [9.17, 15) is 18.7 Å². The first-order valence-corrected chi connectivity index (χ1v) is 13.2. The molecule has 4 nitrogen and oxygen atoms in total. The van der Waals surface area contributed by atoms with Crippen molar-refractivity contribution in [2.45, 2.75) is 38.5 Å². The van der Waals surface area contributed by atoms with Gasteiger partial charge in [0.1, 0.15) is 11.6 Å². The number of amides is 1. The van der Waals surface area contributed by atoms with E-state index in [0.29, 0.717) is 17.0 Å². The summed E-state index contributed by atoms with van der Waals surface area (Å²) in [5.74, 6) is -1.74. The van der Waals surface area contributed by atoms with Gasteiger partial charge in [0.15, 0.2) is 0 Å². The van der Waals surface area contributed by atoms with Crippen molar-refractivity contribution in [2.75, 3.05) is 6.54 Å². The average molecular weight is 521 g/mol. The van der Waals surface area contributed by atoms with Gasteiger partial charge in [0.05, 0.1) is 17.0 Å². The molecule has 1 heterocycles. The van der Waals surface area contributed by atoms with Gasteiger partial charge in [-0.15, -0.1) is 11.3 Å². The number of hydrogen-bond acceptors (Lipinski definition) is 4. The summed E-state index contributed by atoms with van der Waals surface area (Å²) in [5.41, 5.74) is 4.60. The van der Waals surface area contributed by atoms with Crippen LogP contribution in [-0.2, 0) is 19.4 Å². The molecular weight excluding hydrogens is 490 g/mol. The standard InChI is InChI=1S/C30H30F2N2O2S/c1-2-20-7-6-8-21(11-20)17-33-18-28(35)27(14-22-12-25(31)16-26(32)13-22)34-30(36)29-15-24(19-37-29)23-9-4-3-5-10-23/h3-13,15-16,19,27-28,33,35H,2,14,17-18H2,1H3,(H,34,36)/t27-,28+/m0/s1. The van der Waals surface area contributed by atoms with Crippen LogP contribution in [0.2, 0.25) is 0 Å². The topological polar surface area (TPSA) is 61.4 Å². The molecule has 0 saturated heterocycles. The van der Waals surface area contributed by atoms with Crippen molar-refractivity contribution in [2.24, 2.45) is 0 Å². The molecule has 1 amide bonds. The lowest BCUT2D eigenvalue weighted by Gasteiger charge is -2.25. The molecule has 192 valence electrons. The Kier molecular flexibility index (Phi) is 9.17.